The molecular weight excluding hydrogens is 324 g/mol. The number of allylic oxidation sites excluding steroid dienone is 2. The highest BCUT2D eigenvalue weighted by Gasteiger charge is 2.19. The lowest BCUT2D eigenvalue weighted by Gasteiger charge is -2.10. The van der Waals surface area contributed by atoms with Crippen molar-refractivity contribution < 1.29 is 24.8 Å². The van der Waals surface area contributed by atoms with Gasteiger partial charge in [0, 0.05) is 17.7 Å². The second kappa shape index (κ2) is 6.05. The van der Waals surface area contributed by atoms with E-state index in [2.05, 4.69) is 0 Å². The zero-order valence-corrected chi connectivity index (χ0v) is 13.8. The number of aromatic hydroxyl groups is 4. The van der Waals surface area contributed by atoms with Gasteiger partial charge in [0.05, 0.1) is 5.39 Å². The summed E-state index contributed by atoms with van der Waals surface area (Å²) >= 11 is 0. The molecule has 0 amide bonds. The highest BCUT2D eigenvalue weighted by Crippen LogP contribution is 2.37. The molecule has 4 N–H and O–H groups in total. The van der Waals surface area contributed by atoms with Crippen LogP contribution in [0, 0.1) is 0 Å². The average Bonchev–Trinajstić information content (AvgIpc) is 2.52. The summed E-state index contributed by atoms with van der Waals surface area (Å²) in [5.74, 6) is -1.39. The van der Waals surface area contributed by atoms with Crippen LogP contribution in [0.25, 0.3) is 21.9 Å². The van der Waals surface area contributed by atoms with Crippen LogP contribution in [0.1, 0.15) is 25.8 Å². The maximum Gasteiger partial charge on any atom is 0.204 e. The van der Waals surface area contributed by atoms with Crippen LogP contribution in [0.4, 0.5) is 0 Å². The standard InChI is InChI=1S/C19H18O6/c1-9(2)4-3-5-10-12(20)7-16-17(18(10)23)19(24)11-6-13(21)14(22)8-15(11)25-16/h4,6-8,20-23H,3,5H2,1-2H3. The number of rotatable bonds is 3. The van der Waals surface area contributed by atoms with Crippen LogP contribution in [0.2, 0.25) is 0 Å². The van der Waals surface area contributed by atoms with Gasteiger partial charge in [0.25, 0.3) is 0 Å². The number of phenols is 4. The SMILES string of the molecule is CC(C)=CCCc1c(O)cc2oc3cc(O)c(O)cc3c(=O)c2c1O. The van der Waals surface area contributed by atoms with Crippen molar-refractivity contribution >= 4 is 21.9 Å². The van der Waals surface area contributed by atoms with Gasteiger partial charge in [-0.1, -0.05) is 11.6 Å². The Labute approximate surface area is 142 Å². The van der Waals surface area contributed by atoms with Crippen LogP contribution < -0.4 is 5.43 Å². The van der Waals surface area contributed by atoms with Crippen molar-refractivity contribution in [1.82, 2.24) is 0 Å². The lowest BCUT2D eigenvalue weighted by atomic mass is 10.0. The summed E-state index contributed by atoms with van der Waals surface area (Å²) < 4.78 is 5.52. The van der Waals surface area contributed by atoms with Gasteiger partial charge in [-0.3, -0.25) is 4.79 Å². The van der Waals surface area contributed by atoms with Gasteiger partial charge in [0.1, 0.15) is 28.1 Å². The molecular formula is C19H18O6. The Morgan fingerprint density at radius 3 is 2.32 bits per heavy atom. The molecule has 0 bridgehead atoms. The van der Waals surface area contributed by atoms with Crippen LogP contribution in [0.15, 0.2) is 39.1 Å². The predicted octanol–water partition coefficient (Wildman–Crippen LogP) is 3.67. The van der Waals surface area contributed by atoms with E-state index in [1.807, 2.05) is 19.9 Å². The first-order chi connectivity index (χ1) is 11.8. The molecule has 2 aromatic carbocycles. The predicted molar refractivity (Wildman–Crippen MR) is 94.4 cm³/mol. The molecule has 130 valence electrons. The number of benzene rings is 2. The Morgan fingerprint density at radius 2 is 1.64 bits per heavy atom. The Kier molecular flexibility index (Phi) is 4.04. The van der Waals surface area contributed by atoms with Crippen LogP contribution in [0.3, 0.4) is 0 Å². The van der Waals surface area contributed by atoms with Crippen molar-refractivity contribution in [1.29, 1.82) is 0 Å². The van der Waals surface area contributed by atoms with Gasteiger partial charge < -0.3 is 24.8 Å². The van der Waals surface area contributed by atoms with E-state index >= 15 is 0 Å². The van der Waals surface area contributed by atoms with E-state index < -0.39 is 16.9 Å². The molecule has 0 saturated heterocycles. The minimum absolute atomic E-state index is 0.00329. The zero-order chi connectivity index (χ0) is 18.3. The first kappa shape index (κ1) is 16.7. The fraction of sp³-hybridized carbons (Fsp3) is 0.211. The zero-order valence-electron chi connectivity index (χ0n) is 13.8. The van der Waals surface area contributed by atoms with E-state index in [9.17, 15) is 25.2 Å². The summed E-state index contributed by atoms with van der Waals surface area (Å²) in [4.78, 5) is 12.7. The van der Waals surface area contributed by atoms with Gasteiger partial charge in [-0.2, -0.15) is 0 Å². The van der Waals surface area contributed by atoms with E-state index in [4.69, 9.17) is 4.42 Å². The minimum Gasteiger partial charge on any atom is -0.507 e. The Morgan fingerprint density at radius 1 is 1.00 bits per heavy atom. The highest BCUT2D eigenvalue weighted by molar-refractivity contribution is 5.95. The molecule has 1 aromatic heterocycles. The molecule has 3 rings (SSSR count). The first-order valence-electron chi connectivity index (χ1n) is 7.79. The molecule has 0 spiro atoms. The van der Waals surface area contributed by atoms with Gasteiger partial charge in [0.2, 0.25) is 5.43 Å². The van der Waals surface area contributed by atoms with Gasteiger partial charge >= 0.3 is 0 Å². The molecule has 0 radical (unpaired) electrons. The van der Waals surface area contributed by atoms with Crippen molar-refractivity contribution in [2.75, 3.05) is 0 Å². The molecule has 0 aliphatic rings. The second-order valence-electron chi connectivity index (χ2n) is 6.18. The van der Waals surface area contributed by atoms with Crippen molar-refractivity contribution in [3.05, 3.63) is 45.6 Å². The van der Waals surface area contributed by atoms with Crippen molar-refractivity contribution in [3.63, 3.8) is 0 Å². The molecule has 25 heavy (non-hydrogen) atoms. The Balaban J connectivity index is 2.28. The number of fused-ring (bicyclic) bond motifs is 2. The lowest BCUT2D eigenvalue weighted by Crippen LogP contribution is -2.04. The van der Waals surface area contributed by atoms with Gasteiger partial charge in [-0.15, -0.1) is 0 Å². The molecule has 1 heterocycles. The average molecular weight is 342 g/mol. The largest absolute Gasteiger partial charge is 0.507 e. The maximum atomic E-state index is 12.7. The van der Waals surface area contributed by atoms with E-state index in [0.29, 0.717) is 12.8 Å². The van der Waals surface area contributed by atoms with Crippen molar-refractivity contribution in [2.45, 2.75) is 26.7 Å². The topological polar surface area (TPSA) is 111 Å². The van der Waals surface area contributed by atoms with Crippen LogP contribution in [0.5, 0.6) is 23.0 Å². The van der Waals surface area contributed by atoms with Crippen LogP contribution in [-0.4, -0.2) is 20.4 Å². The molecule has 0 aliphatic heterocycles. The summed E-state index contributed by atoms with van der Waals surface area (Å²) in [6.45, 7) is 3.89. The third kappa shape index (κ3) is 2.87. The highest BCUT2D eigenvalue weighted by atomic mass is 16.3. The van der Waals surface area contributed by atoms with Crippen molar-refractivity contribution in [2.24, 2.45) is 0 Å². The maximum absolute atomic E-state index is 12.7. The summed E-state index contributed by atoms with van der Waals surface area (Å²) in [6.07, 6.45) is 2.92. The molecule has 6 nitrogen and oxygen atoms in total. The smallest absolute Gasteiger partial charge is 0.204 e. The van der Waals surface area contributed by atoms with E-state index in [1.54, 1.807) is 0 Å². The summed E-state index contributed by atoms with van der Waals surface area (Å²) in [7, 11) is 0. The fourth-order valence-corrected chi connectivity index (χ4v) is 2.80. The third-order valence-electron chi connectivity index (χ3n) is 4.06. The lowest BCUT2D eigenvalue weighted by molar-refractivity contribution is 0.404. The number of phenolic OH excluding ortho intramolecular Hbond substituents is 4. The second-order valence-corrected chi connectivity index (χ2v) is 6.18. The molecule has 0 unspecified atom stereocenters. The van der Waals surface area contributed by atoms with Crippen molar-refractivity contribution in [3.8, 4) is 23.0 Å². The first-order valence-corrected chi connectivity index (χ1v) is 7.79. The summed E-state index contributed by atoms with van der Waals surface area (Å²) in [5, 5.41) is 39.8. The van der Waals surface area contributed by atoms with Gasteiger partial charge in [-0.25, -0.2) is 0 Å². The van der Waals surface area contributed by atoms with Gasteiger partial charge in [0.15, 0.2) is 11.5 Å². The molecule has 0 atom stereocenters. The molecule has 0 aliphatic carbocycles. The Bertz CT molecular complexity index is 1070. The Hall–Kier alpha value is -3.15. The quantitative estimate of drug-likeness (QED) is 0.328. The molecule has 0 fully saturated rings. The molecule has 0 saturated carbocycles. The molecule has 3 aromatic rings. The van der Waals surface area contributed by atoms with E-state index in [-0.39, 0.29) is 39.0 Å². The summed E-state index contributed by atoms with van der Waals surface area (Å²) in [5.41, 5.74) is 0.875. The van der Waals surface area contributed by atoms with Gasteiger partial charge in [-0.05, 0) is 32.8 Å². The minimum atomic E-state index is -0.549. The number of hydrogen-bond donors (Lipinski definition) is 4. The van der Waals surface area contributed by atoms with E-state index in [1.165, 1.54) is 6.07 Å². The molecule has 6 heteroatoms. The monoisotopic (exact) mass is 342 g/mol. The van der Waals surface area contributed by atoms with Crippen LogP contribution in [-0.2, 0) is 6.42 Å². The normalized spacial score (nSPS) is 11.1. The number of hydrogen-bond acceptors (Lipinski definition) is 6. The fourth-order valence-electron chi connectivity index (χ4n) is 2.80. The van der Waals surface area contributed by atoms with E-state index in [0.717, 1.165) is 17.7 Å². The third-order valence-corrected chi connectivity index (χ3v) is 4.06. The van der Waals surface area contributed by atoms with Crippen LogP contribution >= 0.6 is 0 Å². The summed E-state index contributed by atoms with van der Waals surface area (Å²) in [6, 6.07) is 3.48.